The Balaban J connectivity index is 4.20. The van der Waals surface area contributed by atoms with Gasteiger partial charge in [-0.2, -0.15) is 0 Å². The van der Waals surface area contributed by atoms with Gasteiger partial charge in [-0.15, -0.1) is 0 Å². The zero-order valence-electron chi connectivity index (χ0n) is 31.9. The highest BCUT2D eigenvalue weighted by Crippen LogP contribution is 2.43. The number of phosphoric acid groups is 1. The summed E-state index contributed by atoms with van der Waals surface area (Å²) < 4.78 is 32.7. The summed E-state index contributed by atoms with van der Waals surface area (Å²) in [7, 11) is -4.37. The van der Waals surface area contributed by atoms with E-state index in [-0.39, 0.29) is 32.6 Å². The molecule has 0 aromatic carbocycles. The lowest BCUT2D eigenvalue weighted by atomic mass is 10.1. The molecule has 0 radical (unpaired) electrons. The second-order valence-electron chi connectivity index (χ2n) is 13.1. The van der Waals surface area contributed by atoms with E-state index in [4.69, 9.17) is 24.3 Å². The molecule has 0 saturated carbocycles. The monoisotopic (exact) mass is 728 g/mol. The summed E-state index contributed by atoms with van der Waals surface area (Å²) in [5.74, 6) is -0.849. The number of ether oxygens (including phenoxy) is 2. The fourth-order valence-corrected chi connectivity index (χ4v) is 6.01. The van der Waals surface area contributed by atoms with Crippen LogP contribution in [-0.2, 0) is 32.7 Å². The van der Waals surface area contributed by atoms with Gasteiger partial charge in [-0.05, 0) is 70.6 Å². The number of unbranched alkanes of at least 4 members (excludes halogenated alkanes) is 18. The number of esters is 2. The number of hydrogen-bond acceptors (Lipinski definition) is 8. The maximum absolute atomic E-state index is 12.5. The van der Waals surface area contributed by atoms with Gasteiger partial charge < -0.3 is 20.1 Å². The van der Waals surface area contributed by atoms with Crippen molar-refractivity contribution in [2.75, 3.05) is 26.4 Å². The fourth-order valence-electron chi connectivity index (χ4n) is 5.25. The predicted molar refractivity (Wildman–Crippen MR) is 206 cm³/mol. The quantitative estimate of drug-likeness (QED) is 0.0277. The Hall–Kier alpha value is -1.77. The molecule has 0 aromatic rings. The zero-order valence-corrected chi connectivity index (χ0v) is 32.8. The number of carbonyl (C=O) groups excluding carboxylic acids is 2. The van der Waals surface area contributed by atoms with Crippen LogP contribution in [0.2, 0.25) is 0 Å². The summed E-state index contributed by atoms with van der Waals surface area (Å²) in [6.07, 6.45) is 38.8. The van der Waals surface area contributed by atoms with Crippen molar-refractivity contribution in [3.05, 3.63) is 36.5 Å². The van der Waals surface area contributed by atoms with E-state index in [0.29, 0.717) is 6.42 Å². The highest BCUT2D eigenvalue weighted by molar-refractivity contribution is 7.47. The molecule has 0 saturated heterocycles. The molecule has 0 spiro atoms. The number of nitrogens with two attached hydrogens (primary N) is 1. The topological polar surface area (TPSA) is 134 Å². The van der Waals surface area contributed by atoms with Gasteiger partial charge in [0, 0.05) is 19.4 Å². The van der Waals surface area contributed by atoms with Gasteiger partial charge in [-0.25, -0.2) is 4.57 Å². The van der Waals surface area contributed by atoms with Crippen LogP contribution in [0.25, 0.3) is 0 Å². The van der Waals surface area contributed by atoms with Crippen LogP contribution < -0.4 is 5.73 Å². The molecule has 0 aliphatic heterocycles. The average Bonchev–Trinajstić information content (AvgIpc) is 3.10. The molecule has 292 valence electrons. The fraction of sp³-hybridized carbons (Fsp3) is 0.800. The molecule has 50 heavy (non-hydrogen) atoms. The summed E-state index contributed by atoms with van der Waals surface area (Å²) in [5.41, 5.74) is 5.33. The highest BCUT2D eigenvalue weighted by atomic mass is 31.2. The molecule has 0 bridgehead atoms. The Bertz CT molecular complexity index is 923. The third kappa shape index (κ3) is 36.0. The van der Waals surface area contributed by atoms with Gasteiger partial charge >= 0.3 is 19.8 Å². The van der Waals surface area contributed by atoms with Gasteiger partial charge in [-0.1, -0.05) is 127 Å². The predicted octanol–water partition coefficient (Wildman–Crippen LogP) is 11.0. The van der Waals surface area contributed by atoms with Crippen LogP contribution in [0.4, 0.5) is 0 Å². The second kappa shape index (κ2) is 37.0. The Labute approximate surface area is 305 Å². The Kier molecular flexibility index (Phi) is 35.7. The van der Waals surface area contributed by atoms with Gasteiger partial charge in [0.2, 0.25) is 0 Å². The van der Waals surface area contributed by atoms with E-state index in [1.165, 1.54) is 64.2 Å². The minimum atomic E-state index is -4.37. The Morgan fingerprint density at radius 2 is 1.04 bits per heavy atom. The second-order valence-corrected chi connectivity index (χ2v) is 14.6. The minimum Gasteiger partial charge on any atom is -0.462 e. The first-order valence-electron chi connectivity index (χ1n) is 20.0. The molecule has 0 aromatic heterocycles. The number of rotatable bonds is 37. The first kappa shape index (κ1) is 48.2. The molecule has 1 unspecified atom stereocenters. The van der Waals surface area contributed by atoms with Gasteiger partial charge in [0.05, 0.1) is 13.2 Å². The molecule has 0 amide bonds. The smallest absolute Gasteiger partial charge is 0.462 e. The molecule has 0 rings (SSSR count). The summed E-state index contributed by atoms with van der Waals surface area (Å²) >= 11 is 0. The van der Waals surface area contributed by atoms with Crippen LogP contribution in [-0.4, -0.2) is 49.3 Å². The molecule has 3 N–H and O–H groups in total. The van der Waals surface area contributed by atoms with Crippen molar-refractivity contribution in [3.8, 4) is 0 Å². The highest BCUT2D eigenvalue weighted by Gasteiger charge is 2.25. The van der Waals surface area contributed by atoms with E-state index in [1.807, 2.05) is 0 Å². The van der Waals surface area contributed by atoms with Crippen LogP contribution >= 0.6 is 7.82 Å². The lowest BCUT2D eigenvalue weighted by Crippen LogP contribution is -2.29. The Morgan fingerprint density at radius 3 is 1.54 bits per heavy atom. The average molecular weight is 728 g/mol. The standard InChI is InChI=1S/C40H74NO8P/c1-3-5-7-9-11-13-15-17-18-19-20-21-23-24-26-28-30-32-39(42)46-36-38(37-48-50(44,45)47-35-34-41)49-40(43)33-31-29-27-25-22-16-14-12-10-8-6-4-2/h11-14,17-18,38H,3-10,15-16,19-37,41H2,1-2H3,(H,44,45)/b13-11-,14-12-,18-17-/t38-/m1/s1. The van der Waals surface area contributed by atoms with E-state index >= 15 is 0 Å². The molecule has 0 fully saturated rings. The van der Waals surface area contributed by atoms with Crippen LogP contribution in [0.1, 0.15) is 174 Å². The molecule has 2 atom stereocenters. The van der Waals surface area contributed by atoms with Crippen LogP contribution in [0.15, 0.2) is 36.5 Å². The van der Waals surface area contributed by atoms with Crippen molar-refractivity contribution in [2.45, 2.75) is 180 Å². The summed E-state index contributed by atoms with van der Waals surface area (Å²) in [6.45, 7) is 3.65. The van der Waals surface area contributed by atoms with Crippen molar-refractivity contribution in [1.82, 2.24) is 0 Å². The van der Waals surface area contributed by atoms with Gasteiger partial charge in [-0.3, -0.25) is 18.6 Å². The largest absolute Gasteiger partial charge is 0.472 e. The molecular weight excluding hydrogens is 653 g/mol. The van der Waals surface area contributed by atoms with E-state index in [9.17, 15) is 19.0 Å². The van der Waals surface area contributed by atoms with E-state index in [0.717, 1.165) is 77.0 Å². The molecular formula is C40H74NO8P. The number of phosphoric ester groups is 1. The van der Waals surface area contributed by atoms with Crippen LogP contribution in [0.3, 0.4) is 0 Å². The van der Waals surface area contributed by atoms with Gasteiger partial charge in [0.15, 0.2) is 6.10 Å². The molecule has 0 heterocycles. The Morgan fingerprint density at radius 1 is 0.600 bits per heavy atom. The zero-order chi connectivity index (χ0) is 36.8. The lowest BCUT2D eigenvalue weighted by molar-refractivity contribution is -0.161. The maximum atomic E-state index is 12.5. The van der Waals surface area contributed by atoms with Gasteiger partial charge in [0.25, 0.3) is 0 Å². The molecule has 0 aliphatic rings. The van der Waals surface area contributed by atoms with Crippen molar-refractivity contribution in [1.29, 1.82) is 0 Å². The summed E-state index contributed by atoms with van der Waals surface area (Å²) in [5, 5.41) is 0. The normalized spacial score (nSPS) is 13.8. The first-order valence-corrected chi connectivity index (χ1v) is 21.5. The number of carbonyl (C=O) groups is 2. The van der Waals surface area contributed by atoms with Crippen LogP contribution in [0, 0.1) is 0 Å². The number of hydrogen-bond donors (Lipinski definition) is 2. The minimum absolute atomic E-state index is 0.0505. The molecule has 10 heteroatoms. The van der Waals surface area contributed by atoms with Crippen LogP contribution in [0.5, 0.6) is 0 Å². The van der Waals surface area contributed by atoms with E-state index in [2.05, 4.69) is 50.3 Å². The third-order valence-corrected chi connectivity index (χ3v) is 9.23. The summed E-state index contributed by atoms with van der Waals surface area (Å²) in [4.78, 5) is 34.7. The number of allylic oxidation sites excluding steroid dienone is 6. The molecule has 9 nitrogen and oxygen atoms in total. The van der Waals surface area contributed by atoms with E-state index < -0.39 is 32.5 Å². The van der Waals surface area contributed by atoms with Crippen molar-refractivity contribution < 1.29 is 37.6 Å². The molecule has 0 aliphatic carbocycles. The third-order valence-electron chi connectivity index (χ3n) is 8.25. The van der Waals surface area contributed by atoms with Crippen molar-refractivity contribution in [3.63, 3.8) is 0 Å². The van der Waals surface area contributed by atoms with Crippen molar-refractivity contribution >= 4 is 19.8 Å². The van der Waals surface area contributed by atoms with Gasteiger partial charge in [0.1, 0.15) is 6.61 Å². The van der Waals surface area contributed by atoms with Crippen molar-refractivity contribution in [2.24, 2.45) is 5.73 Å². The SMILES string of the molecule is CCCCC/C=C\C/C=C\CCCCCCCCCC(=O)OC[C@H](COP(=O)(O)OCCN)OC(=O)CCCCCCC/C=C\CCCCC. The first-order chi connectivity index (χ1) is 24.3. The lowest BCUT2D eigenvalue weighted by Gasteiger charge is -2.19. The summed E-state index contributed by atoms with van der Waals surface area (Å²) in [6, 6.07) is 0. The maximum Gasteiger partial charge on any atom is 0.472 e. The van der Waals surface area contributed by atoms with E-state index in [1.54, 1.807) is 0 Å².